The minimum absolute atomic E-state index is 0.341. The van der Waals surface area contributed by atoms with Gasteiger partial charge in [0.25, 0.3) is 0 Å². The lowest BCUT2D eigenvalue weighted by Crippen LogP contribution is -2.33. The number of thioether (sulfide) groups is 1. The second kappa shape index (κ2) is 6.42. The van der Waals surface area contributed by atoms with Gasteiger partial charge in [-0.1, -0.05) is 68.2 Å². The van der Waals surface area contributed by atoms with Crippen molar-refractivity contribution in [1.82, 2.24) is 0 Å². The van der Waals surface area contributed by atoms with Crippen LogP contribution in [0.15, 0.2) is 59.5 Å². The van der Waals surface area contributed by atoms with Crippen LogP contribution < -0.4 is 0 Å². The summed E-state index contributed by atoms with van der Waals surface area (Å²) in [7, 11) is -1.79. The first kappa shape index (κ1) is 15.1. The Labute approximate surface area is 126 Å². The van der Waals surface area contributed by atoms with Crippen LogP contribution in [0.4, 0.5) is 0 Å². The first-order valence-corrected chi connectivity index (χ1v) is 11.3. The van der Waals surface area contributed by atoms with E-state index < -0.39 is 8.07 Å². The highest BCUT2D eigenvalue weighted by Crippen LogP contribution is 2.28. The molecule has 0 saturated carbocycles. The molecule has 0 N–H and O–H groups in total. The number of benzene rings is 2. The van der Waals surface area contributed by atoms with Crippen LogP contribution in [0.2, 0.25) is 19.6 Å². The number of hydrogen-bond acceptors (Lipinski definition) is 2. The Morgan fingerprint density at radius 1 is 0.950 bits per heavy atom. The summed E-state index contributed by atoms with van der Waals surface area (Å²) in [5.74, 6) is 0.900. The zero-order valence-corrected chi connectivity index (χ0v) is 14.0. The average molecular weight is 300 g/mol. The van der Waals surface area contributed by atoms with Gasteiger partial charge < -0.3 is 4.79 Å². The zero-order valence-electron chi connectivity index (χ0n) is 12.2. The molecule has 104 valence electrons. The molecule has 0 aliphatic rings. The third kappa shape index (κ3) is 3.84. The second-order valence-electron chi connectivity index (χ2n) is 5.85. The summed E-state index contributed by atoms with van der Waals surface area (Å²) in [6.45, 7) is 6.32. The van der Waals surface area contributed by atoms with E-state index in [0.717, 1.165) is 16.2 Å². The minimum atomic E-state index is -1.79. The van der Waals surface area contributed by atoms with Crippen LogP contribution in [-0.4, -0.2) is 13.5 Å². The van der Waals surface area contributed by atoms with Gasteiger partial charge in [0.05, 0.1) is 0 Å². The molecule has 2 rings (SSSR count). The van der Waals surface area contributed by atoms with E-state index in [1.54, 1.807) is 11.8 Å². The Balaban J connectivity index is 2.19. The molecule has 2 aromatic rings. The molecule has 0 aromatic heterocycles. The van der Waals surface area contributed by atoms with E-state index in [1.165, 1.54) is 5.56 Å². The molecule has 0 spiro atoms. The molecule has 0 saturated heterocycles. The monoisotopic (exact) mass is 300 g/mol. The van der Waals surface area contributed by atoms with Crippen LogP contribution in [0.5, 0.6) is 0 Å². The van der Waals surface area contributed by atoms with Gasteiger partial charge in [-0.05, 0) is 11.6 Å². The van der Waals surface area contributed by atoms with Crippen LogP contribution in [0.1, 0.15) is 15.9 Å². The quantitative estimate of drug-likeness (QED) is 0.568. The number of rotatable bonds is 5. The van der Waals surface area contributed by atoms with Crippen LogP contribution >= 0.6 is 11.8 Å². The largest absolute Gasteiger partial charge is 0.300 e. The summed E-state index contributed by atoms with van der Waals surface area (Å²) < 4.78 is 0. The van der Waals surface area contributed by atoms with Gasteiger partial charge in [-0.25, -0.2) is 0 Å². The molecule has 3 heteroatoms. The van der Waals surface area contributed by atoms with Gasteiger partial charge >= 0.3 is 0 Å². The Kier molecular flexibility index (Phi) is 4.84. The molecular formula is C17H20OSSi. The van der Waals surface area contributed by atoms with Crippen molar-refractivity contribution >= 4 is 25.2 Å². The van der Waals surface area contributed by atoms with Crippen LogP contribution in [-0.2, 0) is 5.75 Å². The fourth-order valence-corrected chi connectivity index (χ4v) is 4.04. The molecule has 0 aliphatic carbocycles. The fourth-order valence-electron chi connectivity index (χ4n) is 1.92. The van der Waals surface area contributed by atoms with Gasteiger partial charge in [0.2, 0.25) is 0 Å². The average Bonchev–Trinajstić information content (AvgIpc) is 2.45. The molecule has 2 aromatic carbocycles. The highest BCUT2D eigenvalue weighted by atomic mass is 32.2. The van der Waals surface area contributed by atoms with Crippen molar-refractivity contribution in [3.05, 3.63) is 65.7 Å². The first-order valence-electron chi connectivity index (χ1n) is 6.79. The zero-order chi connectivity index (χ0) is 14.6. The lowest BCUT2D eigenvalue weighted by atomic mass is 10.2. The van der Waals surface area contributed by atoms with E-state index in [1.807, 2.05) is 24.3 Å². The van der Waals surface area contributed by atoms with Crippen molar-refractivity contribution in [2.45, 2.75) is 30.3 Å². The predicted octanol–water partition coefficient (Wildman–Crippen LogP) is 5.04. The lowest BCUT2D eigenvalue weighted by Gasteiger charge is -2.16. The summed E-state index contributed by atoms with van der Waals surface area (Å²) in [4.78, 5) is 13.6. The SMILES string of the molecule is C[Si](C)(C)C(=O)c1ccccc1SCc1ccccc1. The van der Waals surface area contributed by atoms with Gasteiger partial charge in [-0.2, -0.15) is 0 Å². The molecule has 0 heterocycles. The maximum absolute atomic E-state index is 12.5. The van der Waals surface area contributed by atoms with E-state index in [-0.39, 0.29) is 0 Å². The van der Waals surface area contributed by atoms with Gasteiger partial charge in [-0.15, -0.1) is 11.8 Å². The van der Waals surface area contributed by atoms with E-state index in [0.29, 0.717) is 5.41 Å². The number of hydrogen-bond donors (Lipinski definition) is 0. The molecular weight excluding hydrogens is 280 g/mol. The molecule has 0 atom stereocenters. The molecule has 1 nitrogen and oxygen atoms in total. The van der Waals surface area contributed by atoms with Gasteiger partial charge in [0, 0.05) is 16.2 Å². The molecule has 20 heavy (non-hydrogen) atoms. The van der Waals surface area contributed by atoms with Gasteiger partial charge in [0.1, 0.15) is 13.5 Å². The standard InChI is InChI=1S/C17H20OSSi/c1-20(2,3)17(18)15-11-7-8-12-16(15)19-13-14-9-5-4-6-10-14/h4-12H,13H2,1-3H3. The minimum Gasteiger partial charge on any atom is -0.300 e. The normalized spacial score (nSPS) is 11.3. The van der Waals surface area contributed by atoms with Crippen LogP contribution in [0, 0.1) is 0 Å². The van der Waals surface area contributed by atoms with E-state index >= 15 is 0 Å². The third-order valence-electron chi connectivity index (χ3n) is 3.05. The number of carbonyl (C=O) groups is 1. The van der Waals surface area contributed by atoms with E-state index in [4.69, 9.17) is 0 Å². The fraction of sp³-hybridized carbons (Fsp3) is 0.235. The van der Waals surface area contributed by atoms with Crippen molar-refractivity contribution in [3.8, 4) is 0 Å². The summed E-state index contributed by atoms with van der Waals surface area (Å²) in [5.41, 5.74) is 2.18. The van der Waals surface area contributed by atoms with Crippen LogP contribution in [0.25, 0.3) is 0 Å². The highest BCUT2D eigenvalue weighted by Gasteiger charge is 2.27. The van der Waals surface area contributed by atoms with Crippen molar-refractivity contribution in [2.24, 2.45) is 0 Å². The number of carbonyl (C=O) groups excluding carboxylic acids is 1. The summed E-state index contributed by atoms with van der Waals surface area (Å²) in [6.07, 6.45) is 0. The Hall–Kier alpha value is -1.32. The van der Waals surface area contributed by atoms with Crippen LogP contribution in [0.3, 0.4) is 0 Å². The van der Waals surface area contributed by atoms with Gasteiger partial charge in [0.15, 0.2) is 0 Å². The van der Waals surface area contributed by atoms with E-state index in [9.17, 15) is 4.79 Å². The highest BCUT2D eigenvalue weighted by molar-refractivity contribution is 7.98. The maximum atomic E-state index is 12.5. The predicted molar refractivity (Wildman–Crippen MR) is 90.1 cm³/mol. The third-order valence-corrected chi connectivity index (χ3v) is 5.83. The van der Waals surface area contributed by atoms with Gasteiger partial charge in [-0.3, -0.25) is 0 Å². The maximum Gasteiger partial charge on any atom is 0.140 e. The summed E-state index contributed by atoms with van der Waals surface area (Å²) in [5, 5.41) is 0.341. The molecule has 0 unspecified atom stereocenters. The summed E-state index contributed by atoms with van der Waals surface area (Å²) >= 11 is 1.75. The molecule has 0 fully saturated rings. The van der Waals surface area contributed by atoms with Crippen molar-refractivity contribution < 1.29 is 4.79 Å². The van der Waals surface area contributed by atoms with Crippen molar-refractivity contribution in [2.75, 3.05) is 0 Å². The lowest BCUT2D eigenvalue weighted by molar-refractivity contribution is 0.106. The van der Waals surface area contributed by atoms with Crippen molar-refractivity contribution in [1.29, 1.82) is 0 Å². The Morgan fingerprint density at radius 2 is 1.55 bits per heavy atom. The second-order valence-corrected chi connectivity index (χ2v) is 11.8. The first-order chi connectivity index (χ1) is 9.48. The topological polar surface area (TPSA) is 17.1 Å². The summed E-state index contributed by atoms with van der Waals surface area (Å²) in [6, 6.07) is 18.4. The van der Waals surface area contributed by atoms with Crippen molar-refractivity contribution in [3.63, 3.8) is 0 Å². The van der Waals surface area contributed by atoms with E-state index in [2.05, 4.69) is 50.0 Å². The molecule has 0 radical (unpaired) electrons. The Morgan fingerprint density at radius 3 is 2.20 bits per heavy atom. The smallest absolute Gasteiger partial charge is 0.140 e. The Bertz CT molecular complexity index is 587. The molecule has 0 aliphatic heterocycles. The molecule has 0 amide bonds. The molecule has 0 bridgehead atoms.